The Morgan fingerprint density at radius 1 is 1.12 bits per heavy atom. The van der Waals surface area contributed by atoms with E-state index in [9.17, 15) is 14.9 Å². The van der Waals surface area contributed by atoms with Crippen LogP contribution < -0.4 is 10.2 Å². The summed E-state index contributed by atoms with van der Waals surface area (Å²) in [6, 6.07) is 14.1. The quantitative estimate of drug-likeness (QED) is 0.675. The second-order valence-electron chi connectivity index (χ2n) is 5.86. The van der Waals surface area contributed by atoms with Crippen LogP contribution in [0.4, 0.5) is 17.1 Å². The summed E-state index contributed by atoms with van der Waals surface area (Å²) in [7, 11) is 0. The van der Waals surface area contributed by atoms with Crippen LogP contribution in [0.15, 0.2) is 48.5 Å². The summed E-state index contributed by atoms with van der Waals surface area (Å²) < 4.78 is 0. The molecule has 1 fully saturated rings. The van der Waals surface area contributed by atoms with Gasteiger partial charge in [-0.15, -0.1) is 0 Å². The van der Waals surface area contributed by atoms with E-state index in [0.29, 0.717) is 5.69 Å². The first-order valence-corrected chi connectivity index (χ1v) is 8.00. The first kappa shape index (κ1) is 16.0. The van der Waals surface area contributed by atoms with Crippen molar-refractivity contribution < 1.29 is 9.72 Å². The zero-order valence-electron chi connectivity index (χ0n) is 13.3. The fourth-order valence-electron chi connectivity index (χ4n) is 2.95. The van der Waals surface area contributed by atoms with E-state index < -0.39 is 4.92 Å². The zero-order valence-corrected chi connectivity index (χ0v) is 13.3. The molecule has 1 heterocycles. The average Bonchev–Trinajstić information content (AvgIpc) is 3.09. The molecular formula is C18H19N3O3. The minimum Gasteiger partial charge on any atom is -0.370 e. The number of hydrogen-bond acceptors (Lipinski definition) is 4. The van der Waals surface area contributed by atoms with E-state index in [2.05, 4.69) is 10.2 Å². The molecule has 0 unspecified atom stereocenters. The van der Waals surface area contributed by atoms with Crippen molar-refractivity contribution in [3.05, 3.63) is 64.2 Å². The number of nitro benzene ring substituents is 1. The van der Waals surface area contributed by atoms with Crippen molar-refractivity contribution in [2.45, 2.75) is 19.3 Å². The fourth-order valence-corrected chi connectivity index (χ4v) is 2.95. The molecule has 1 amide bonds. The molecule has 124 valence electrons. The topological polar surface area (TPSA) is 75.5 Å². The van der Waals surface area contributed by atoms with E-state index >= 15 is 0 Å². The molecule has 6 nitrogen and oxygen atoms in total. The molecule has 0 saturated carbocycles. The number of non-ortho nitro benzene ring substituents is 1. The van der Waals surface area contributed by atoms with Crippen molar-refractivity contribution in [1.82, 2.24) is 0 Å². The Kier molecular flexibility index (Phi) is 4.74. The third kappa shape index (κ3) is 3.71. The molecule has 0 aromatic heterocycles. The van der Waals surface area contributed by atoms with Gasteiger partial charge in [0.15, 0.2) is 0 Å². The maximum Gasteiger partial charge on any atom is 0.271 e. The third-order valence-electron chi connectivity index (χ3n) is 4.12. The van der Waals surface area contributed by atoms with Crippen LogP contribution in [0.5, 0.6) is 0 Å². The van der Waals surface area contributed by atoms with Crippen molar-refractivity contribution in [1.29, 1.82) is 0 Å². The van der Waals surface area contributed by atoms with Gasteiger partial charge in [-0.2, -0.15) is 0 Å². The molecule has 1 N–H and O–H groups in total. The Morgan fingerprint density at radius 2 is 1.83 bits per heavy atom. The molecule has 0 aliphatic carbocycles. The van der Waals surface area contributed by atoms with E-state index in [1.165, 1.54) is 12.1 Å². The van der Waals surface area contributed by atoms with Crippen LogP contribution in [0.25, 0.3) is 0 Å². The van der Waals surface area contributed by atoms with Crippen molar-refractivity contribution >= 4 is 23.0 Å². The lowest BCUT2D eigenvalue weighted by Crippen LogP contribution is -2.22. The molecule has 0 radical (unpaired) electrons. The van der Waals surface area contributed by atoms with Crippen LogP contribution in [0.1, 0.15) is 18.4 Å². The highest BCUT2D eigenvalue weighted by molar-refractivity contribution is 5.96. The van der Waals surface area contributed by atoms with E-state index in [0.717, 1.165) is 37.2 Å². The molecule has 0 bridgehead atoms. The maximum absolute atomic E-state index is 12.3. The second kappa shape index (κ2) is 7.12. The van der Waals surface area contributed by atoms with Gasteiger partial charge in [0.05, 0.1) is 22.7 Å². The molecule has 1 aliphatic heterocycles. The van der Waals surface area contributed by atoms with Gasteiger partial charge in [0.1, 0.15) is 0 Å². The van der Waals surface area contributed by atoms with E-state index in [4.69, 9.17) is 0 Å². The Morgan fingerprint density at radius 3 is 2.50 bits per heavy atom. The summed E-state index contributed by atoms with van der Waals surface area (Å²) in [6.07, 6.45) is 2.42. The first-order chi connectivity index (χ1) is 11.6. The van der Waals surface area contributed by atoms with Crippen LogP contribution in [0.3, 0.4) is 0 Å². The number of nitro groups is 1. The summed E-state index contributed by atoms with van der Waals surface area (Å²) in [5.74, 6) is -0.179. The molecule has 0 spiro atoms. The van der Waals surface area contributed by atoms with Gasteiger partial charge in [-0.05, 0) is 24.5 Å². The van der Waals surface area contributed by atoms with Crippen LogP contribution >= 0.6 is 0 Å². The smallest absolute Gasteiger partial charge is 0.271 e. The maximum atomic E-state index is 12.3. The lowest BCUT2D eigenvalue weighted by atomic mass is 10.1. The fraction of sp³-hybridized carbons (Fsp3) is 0.278. The largest absolute Gasteiger partial charge is 0.370 e. The number of amides is 1. The number of rotatable bonds is 5. The van der Waals surface area contributed by atoms with Crippen molar-refractivity contribution in [2.24, 2.45) is 0 Å². The molecule has 1 saturated heterocycles. The van der Waals surface area contributed by atoms with Gasteiger partial charge >= 0.3 is 0 Å². The van der Waals surface area contributed by atoms with Crippen LogP contribution in [0, 0.1) is 10.1 Å². The highest BCUT2D eigenvalue weighted by atomic mass is 16.6. The van der Waals surface area contributed by atoms with E-state index in [1.54, 1.807) is 6.07 Å². The number of carbonyl (C=O) groups excluding carboxylic acids is 1. The van der Waals surface area contributed by atoms with E-state index in [-0.39, 0.29) is 18.0 Å². The van der Waals surface area contributed by atoms with Crippen LogP contribution in [-0.2, 0) is 11.2 Å². The number of nitrogens with zero attached hydrogens (tertiary/aromatic N) is 2. The minimum atomic E-state index is -0.444. The predicted molar refractivity (Wildman–Crippen MR) is 93.3 cm³/mol. The molecule has 2 aromatic carbocycles. The van der Waals surface area contributed by atoms with Crippen molar-refractivity contribution in [3.8, 4) is 0 Å². The number of nitrogens with one attached hydrogen (secondary N) is 1. The van der Waals surface area contributed by atoms with Gasteiger partial charge in [-0.3, -0.25) is 14.9 Å². The van der Waals surface area contributed by atoms with Gasteiger partial charge in [0, 0.05) is 25.2 Å². The lowest BCUT2D eigenvalue weighted by molar-refractivity contribution is -0.384. The Hall–Kier alpha value is -2.89. The lowest BCUT2D eigenvalue weighted by Gasteiger charge is -2.21. The standard InChI is InChI=1S/C18H19N3O3/c22-18(12-14-6-2-1-3-7-14)19-16-13-15(21(23)24)8-9-17(16)20-10-4-5-11-20/h1-3,6-9,13H,4-5,10-12H2,(H,19,22). The third-order valence-corrected chi connectivity index (χ3v) is 4.12. The molecule has 0 atom stereocenters. The Labute approximate surface area is 140 Å². The highest BCUT2D eigenvalue weighted by Crippen LogP contribution is 2.32. The van der Waals surface area contributed by atoms with Gasteiger partial charge in [0.25, 0.3) is 5.69 Å². The molecule has 2 aromatic rings. The number of benzene rings is 2. The number of anilines is 2. The van der Waals surface area contributed by atoms with Crippen LogP contribution in [0.2, 0.25) is 0 Å². The second-order valence-corrected chi connectivity index (χ2v) is 5.86. The predicted octanol–water partition coefficient (Wildman–Crippen LogP) is 3.38. The first-order valence-electron chi connectivity index (χ1n) is 8.00. The van der Waals surface area contributed by atoms with Gasteiger partial charge in [0.2, 0.25) is 5.91 Å². The molecule has 3 rings (SSSR count). The van der Waals surface area contributed by atoms with Gasteiger partial charge in [-0.25, -0.2) is 0 Å². The van der Waals surface area contributed by atoms with Crippen LogP contribution in [-0.4, -0.2) is 23.9 Å². The Balaban J connectivity index is 1.82. The number of carbonyl (C=O) groups is 1. The Bertz CT molecular complexity index is 740. The van der Waals surface area contributed by atoms with Gasteiger partial charge < -0.3 is 10.2 Å². The molecular weight excluding hydrogens is 306 g/mol. The summed E-state index contributed by atoms with van der Waals surface area (Å²) in [5, 5.41) is 13.9. The van der Waals surface area contributed by atoms with Crippen molar-refractivity contribution in [3.63, 3.8) is 0 Å². The monoisotopic (exact) mass is 325 g/mol. The molecule has 24 heavy (non-hydrogen) atoms. The summed E-state index contributed by atoms with van der Waals surface area (Å²) in [5.41, 5.74) is 2.24. The minimum absolute atomic E-state index is 0.0204. The molecule has 1 aliphatic rings. The normalized spacial score (nSPS) is 13.8. The summed E-state index contributed by atoms with van der Waals surface area (Å²) >= 11 is 0. The average molecular weight is 325 g/mol. The SMILES string of the molecule is O=C(Cc1ccccc1)Nc1cc([N+](=O)[O-])ccc1N1CCCC1. The zero-order chi connectivity index (χ0) is 16.9. The highest BCUT2D eigenvalue weighted by Gasteiger charge is 2.20. The van der Waals surface area contributed by atoms with Crippen molar-refractivity contribution in [2.75, 3.05) is 23.3 Å². The summed E-state index contributed by atoms with van der Waals surface area (Å²) in [4.78, 5) is 25.1. The number of hydrogen-bond donors (Lipinski definition) is 1. The molecule has 6 heteroatoms. The van der Waals surface area contributed by atoms with Gasteiger partial charge in [-0.1, -0.05) is 30.3 Å². The van der Waals surface area contributed by atoms with E-state index in [1.807, 2.05) is 30.3 Å². The summed E-state index contributed by atoms with van der Waals surface area (Å²) in [6.45, 7) is 1.80.